The van der Waals surface area contributed by atoms with Crippen LogP contribution in [-0.4, -0.2) is 36.2 Å². The van der Waals surface area contributed by atoms with Gasteiger partial charge in [-0.3, -0.25) is 4.79 Å². The number of fused-ring (bicyclic) bond motifs is 1. The van der Waals surface area contributed by atoms with Crippen molar-refractivity contribution in [2.75, 3.05) is 13.1 Å². The molecule has 3 unspecified atom stereocenters. The van der Waals surface area contributed by atoms with Crippen LogP contribution in [-0.2, 0) is 4.79 Å². The Morgan fingerprint density at radius 3 is 3.00 bits per heavy atom. The summed E-state index contributed by atoms with van der Waals surface area (Å²) in [6.07, 6.45) is 0.995. The third kappa shape index (κ3) is 1.02. The largest absolute Gasteiger partial charge is 0.480 e. The quantitative estimate of drug-likeness (QED) is 0.456. The highest BCUT2D eigenvalue weighted by Crippen LogP contribution is 2.24. The number of carboxylic acid groups (broad SMARTS) is 1. The van der Waals surface area contributed by atoms with Crippen molar-refractivity contribution in [3.05, 3.63) is 0 Å². The maximum atomic E-state index is 10.7. The molecule has 2 saturated heterocycles. The summed E-state index contributed by atoms with van der Waals surface area (Å²) in [6, 6.07) is 0.0890. The average Bonchev–Trinajstić information content (AvgIpc) is 2.41. The molecular weight excluding hydrogens is 144 g/mol. The van der Waals surface area contributed by atoms with Gasteiger partial charge in [-0.15, -0.1) is 0 Å². The first-order chi connectivity index (χ1) is 5.29. The first-order valence-electron chi connectivity index (χ1n) is 3.98. The lowest BCUT2D eigenvalue weighted by atomic mass is 9.97. The summed E-state index contributed by atoms with van der Waals surface area (Å²) < 4.78 is 0. The van der Waals surface area contributed by atoms with Crippen LogP contribution in [0, 0.1) is 5.92 Å². The van der Waals surface area contributed by atoms with Gasteiger partial charge in [-0.05, 0) is 13.0 Å². The molecule has 0 aromatic carbocycles. The predicted molar refractivity (Wildman–Crippen MR) is 39.3 cm³/mol. The van der Waals surface area contributed by atoms with Crippen LogP contribution in [0.5, 0.6) is 0 Å². The molecule has 3 N–H and O–H groups in total. The Morgan fingerprint density at radius 1 is 1.45 bits per heavy atom. The molecule has 11 heavy (non-hydrogen) atoms. The van der Waals surface area contributed by atoms with Crippen molar-refractivity contribution in [2.24, 2.45) is 5.92 Å². The first-order valence-corrected chi connectivity index (χ1v) is 3.98. The van der Waals surface area contributed by atoms with Gasteiger partial charge in [0.1, 0.15) is 6.04 Å². The van der Waals surface area contributed by atoms with E-state index in [-0.39, 0.29) is 6.04 Å². The molecule has 0 aromatic heterocycles. The van der Waals surface area contributed by atoms with Crippen LogP contribution < -0.4 is 10.6 Å². The van der Waals surface area contributed by atoms with E-state index in [1.54, 1.807) is 0 Å². The molecule has 3 atom stereocenters. The van der Waals surface area contributed by atoms with Gasteiger partial charge in [0.2, 0.25) is 0 Å². The Kier molecular flexibility index (Phi) is 1.58. The summed E-state index contributed by atoms with van der Waals surface area (Å²) in [5.74, 6) is -0.395. The molecule has 2 aliphatic rings. The van der Waals surface area contributed by atoms with E-state index >= 15 is 0 Å². The molecule has 2 aliphatic heterocycles. The van der Waals surface area contributed by atoms with Crippen LogP contribution in [0.15, 0.2) is 0 Å². The second-order valence-electron chi connectivity index (χ2n) is 3.24. The normalized spacial score (nSPS) is 42.4. The number of carboxylic acids is 1. The summed E-state index contributed by atoms with van der Waals surface area (Å²) in [6.45, 7) is 1.78. The zero-order valence-electron chi connectivity index (χ0n) is 6.21. The molecule has 0 radical (unpaired) electrons. The predicted octanol–water partition coefficient (Wildman–Crippen LogP) is -0.979. The summed E-state index contributed by atoms with van der Waals surface area (Å²) in [5.41, 5.74) is 0. The third-order valence-electron chi connectivity index (χ3n) is 2.65. The minimum Gasteiger partial charge on any atom is -0.480 e. The van der Waals surface area contributed by atoms with Crippen molar-refractivity contribution < 1.29 is 9.90 Å². The van der Waals surface area contributed by atoms with E-state index < -0.39 is 5.97 Å². The van der Waals surface area contributed by atoms with Crippen molar-refractivity contribution in [3.63, 3.8) is 0 Å². The maximum absolute atomic E-state index is 10.7. The van der Waals surface area contributed by atoms with Gasteiger partial charge in [-0.2, -0.15) is 0 Å². The van der Waals surface area contributed by atoms with Crippen molar-refractivity contribution >= 4 is 5.97 Å². The lowest BCUT2D eigenvalue weighted by Gasteiger charge is -2.11. The second kappa shape index (κ2) is 2.46. The maximum Gasteiger partial charge on any atom is 0.321 e. The first kappa shape index (κ1) is 7.06. The van der Waals surface area contributed by atoms with Gasteiger partial charge < -0.3 is 15.7 Å². The smallest absolute Gasteiger partial charge is 0.321 e. The lowest BCUT2D eigenvalue weighted by Crippen LogP contribution is -2.35. The zero-order valence-corrected chi connectivity index (χ0v) is 6.21. The molecule has 0 aliphatic carbocycles. The molecule has 2 heterocycles. The van der Waals surface area contributed by atoms with E-state index in [1.807, 2.05) is 0 Å². The van der Waals surface area contributed by atoms with Gasteiger partial charge in [0.05, 0.1) is 0 Å². The number of rotatable bonds is 1. The highest BCUT2D eigenvalue weighted by Gasteiger charge is 2.42. The molecule has 2 fully saturated rings. The lowest BCUT2D eigenvalue weighted by molar-refractivity contribution is -0.140. The van der Waals surface area contributed by atoms with Gasteiger partial charge in [-0.1, -0.05) is 0 Å². The highest BCUT2D eigenvalue weighted by atomic mass is 16.4. The number of hydrogen-bond donors (Lipinski definition) is 3. The fourth-order valence-corrected chi connectivity index (χ4v) is 2.09. The van der Waals surface area contributed by atoms with Crippen LogP contribution in [0.1, 0.15) is 6.42 Å². The SMILES string of the molecule is O=C(O)C1NCC2NCCC21. The van der Waals surface area contributed by atoms with E-state index in [4.69, 9.17) is 5.11 Å². The molecular formula is C7H12N2O2. The highest BCUT2D eigenvalue weighted by molar-refractivity contribution is 5.74. The van der Waals surface area contributed by atoms with Crippen LogP contribution in [0.25, 0.3) is 0 Å². The molecule has 0 amide bonds. The van der Waals surface area contributed by atoms with Crippen molar-refractivity contribution in [1.82, 2.24) is 10.6 Å². The topological polar surface area (TPSA) is 61.4 Å². The van der Waals surface area contributed by atoms with Gasteiger partial charge in [0.25, 0.3) is 0 Å². The molecule has 4 nitrogen and oxygen atoms in total. The fraction of sp³-hybridized carbons (Fsp3) is 0.857. The standard InChI is InChI=1S/C7H12N2O2/c10-7(11)6-4-1-2-8-5(4)3-9-6/h4-6,8-9H,1-3H2,(H,10,11). The summed E-state index contributed by atoms with van der Waals surface area (Å²) in [4.78, 5) is 10.7. The van der Waals surface area contributed by atoms with E-state index in [0.29, 0.717) is 12.0 Å². The minimum absolute atomic E-state index is 0.310. The summed E-state index contributed by atoms with van der Waals surface area (Å²) >= 11 is 0. The minimum atomic E-state index is -0.707. The average molecular weight is 156 g/mol. The molecule has 0 aromatic rings. The molecule has 0 spiro atoms. The summed E-state index contributed by atoms with van der Waals surface area (Å²) in [7, 11) is 0. The Morgan fingerprint density at radius 2 is 2.27 bits per heavy atom. The van der Waals surface area contributed by atoms with Gasteiger partial charge in [-0.25, -0.2) is 0 Å². The zero-order chi connectivity index (χ0) is 7.84. The Labute approximate surface area is 65.0 Å². The van der Waals surface area contributed by atoms with Gasteiger partial charge in [0, 0.05) is 18.5 Å². The van der Waals surface area contributed by atoms with Crippen LogP contribution in [0.4, 0.5) is 0 Å². The Balaban J connectivity index is 2.08. The summed E-state index contributed by atoms with van der Waals surface area (Å²) in [5, 5.41) is 15.0. The van der Waals surface area contributed by atoms with Gasteiger partial charge in [0.15, 0.2) is 0 Å². The van der Waals surface area contributed by atoms with Crippen LogP contribution in [0.2, 0.25) is 0 Å². The van der Waals surface area contributed by atoms with E-state index in [1.165, 1.54) is 0 Å². The monoisotopic (exact) mass is 156 g/mol. The van der Waals surface area contributed by atoms with Gasteiger partial charge >= 0.3 is 5.97 Å². The van der Waals surface area contributed by atoms with Crippen molar-refractivity contribution in [1.29, 1.82) is 0 Å². The van der Waals surface area contributed by atoms with E-state index in [2.05, 4.69) is 10.6 Å². The van der Waals surface area contributed by atoms with Crippen molar-refractivity contribution in [2.45, 2.75) is 18.5 Å². The molecule has 62 valence electrons. The number of carbonyl (C=O) groups is 1. The number of aliphatic carboxylic acids is 1. The number of nitrogens with one attached hydrogen (secondary N) is 2. The molecule has 2 rings (SSSR count). The van der Waals surface area contributed by atoms with E-state index in [9.17, 15) is 4.79 Å². The van der Waals surface area contributed by atoms with Crippen LogP contribution >= 0.6 is 0 Å². The second-order valence-corrected chi connectivity index (χ2v) is 3.24. The third-order valence-corrected chi connectivity index (χ3v) is 2.65. The van der Waals surface area contributed by atoms with Crippen molar-refractivity contribution in [3.8, 4) is 0 Å². The van der Waals surface area contributed by atoms with Crippen LogP contribution in [0.3, 0.4) is 0 Å². The van der Waals surface area contributed by atoms with E-state index in [0.717, 1.165) is 19.5 Å². The molecule has 0 bridgehead atoms. The Bertz CT molecular complexity index is 183. The number of hydrogen-bond acceptors (Lipinski definition) is 3. The fourth-order valence-electron chi connectivity index (χ4n) is 2.09. The molecule has 4 heteroatoms. The molecule has 0 saturated carbocycles. The Hall–Kier alpha value is -0.610.